The minimum atomic E-state index is -4.37. The molecule has 0 saturated heterocycles. The van der Waals surface area contributed by atoms with Gasteiger partial charge in [0.2, 0.25) is 0 Å². The smallest absolute Gasteiger partial charge is 0.384 e. The molecule has 0 spiro atoms. The van der Waals surface area contributed by atoms with Crippen LogP contribution in [0.2, 0.25) is 4.34 Å². The van der Waals surface area contributed by atoms with Crippen molar-refractivity contribution in [2.75, 3.05) is 11.9 Å². The Kier molecular flexibility index (Phi) is 4.99. The van der Waals surface area contributed by atoms with Crippen LogP contribution in [-0.2, 0) is 12.6 Å². The zero-order chi connectivity index (χ0) is 14.8. The summed E-state index contributed by atoms with van der Waals surface area (Å²) in [5.74, 6) is 0. The third kappa shape index (κ3) is 4.14. The van der Waals surface area contributed by atoms with Crippen LogP contribution in [0.5, 0.6) is 0 Å². The highest BCUT2D eigenvalue weighted by Crippen LogP contribution is 2.36. The number of nitrogens with one attached hydrogen (secondary N) is 1. The van der Waals surface area contributed by atoms with Gasteiger partial charge in [-0.25, -0.2) is 0 Å². The molecule has 0 aliphatic carbocycles. The van der Waals surface area contributed by atoms with Gasteiger partial charge in [-0.05, 0) is 36.8 Å². The number of anilines is 1. The largest absolute Gasteiger partial charge is 0.418 e. The van der Waals surface area contributed by atoms with Gasteiger partial charge in [0.15, 0.2) is 0 Å². The van der Waals surface area contributed by atoms with Crippen molar-refractivity contribution in [3.05, 3.63) is 49.6 Å². The molecule has 20 heavy (non-hydrogen) atoms. The third-order valence-electron chi connectivity index (χ3n) is 2.60. The minimum Gasteiger partial charge on any atom is -0.384 e. The first-order chi connectivity index (χ1) is 9.36. The topological polar surface area (TPSA) is 12.0 Å². The molecule has 2 aromatic rings. The van der Waals surface area contributed by atoms with Crippen LogP contribution >= 0.6 is 38.9 Å². The van der Waals surface area contributed by atoms with Crippen molar-refractivity contribution in [1.82, 2.24) is 0 Å². The normalized spacial score (nSPS) is 11.7. The third-order valence-corrected chi connectivity index (χ3v) is 4.39. The number of benzene rings is 1. The molecule has 0 aliphatic rings. The zero-order valence-electron chi connectivity index (χ0n) is 10.1. The van der Waals surface area contributed by atoms with E-state index in [1.54, 1.807) is 6.07 Å². The first kappa shape index (κ1) is 15.7. The standard InChI is InChI=1S/C13H10BrClF3NS/c14-8-1-3-10(13(16,17)18)11(7-8)19-6-5-9-2-4-12(15)20-9/h1-4,7,19H,5-6H2. The van der Waals surface area contributed by atoms with E-state index in [9.17, 15) is 13.2 Å². The summed E-state index contributed by atoms with van der Waals surface area (Å²) >= 11 is 10.4. The molecular formula is C13H10BrClF3NS. The average Bonchev–Trinajstić information content (AvgIpc) is 2.73. The Hall–Kier alpha value is -0.720. The van der Waals surface area contributed by atoms with Crippen molar-refractivity contribution < 1.29 is 13.2 Å². The molecule has 108 valence electrons. The minimum absolute atomic E-state index is 0.0783. The number of halogens is 5. The number of hydrogen-bond acceptors (Lipinski definition) is 2. The SMILES string of the molecule is FC(F)(F)c1ccc(Br)cc1NCCc1ccc(Cl)s1. The van der Waals surface area contributed by atoms with Gasteiger partial charge in [-0.3, -0.25) is 0 Å². The van der Waals surface area contributed by atoms with Crippen molar-refractivity contribution in [1.29, 1.82) is 0 Å². The molecule has 0 radical (unpaired) electrons. The van der Waals surface area contributed by atoms with Gasteiger partial charge in [-0.15, -0.1) is 11.3 Å². The molecule has 0 saturated carbocycles. The van der Waals surface area contributed by atoms with Crippen LogP contribution in [0, 0.1) is 0 Å². The lowest BCUT2D eigenvalue weighted by atomic mass is 10.1. The van der Waals surface area contributed by atoms with Crippen molar-refractivity contribution in [3.8, 4) is 0 Å². The molecule has 0 amide bonds. The van der Waals surface area contributed by atoms with Crippen LogP contribution in [0.3, 0.4) is 0 Å². The number of thiophene rings is 1. The lowest BCUT2D eigenvalue weighted by molar-refractivity contribution is -0.136. The molecular weight excluding hydrogens is 375 g/mol. The fourth-order valence-corrected chi connectivity index (χ4v) is 3.16. The summed E-state index contributed by atoms with van der Waals surface area (Å²) in [6.45, 7) is 0.413. The molecule has 0 aliphatic heterocycles. The molecule has 1 nitrogen and oxygen atoms in total. The van der Waals surface area contributed by atoms with Crippen LogP contribution < -0.4 is 5.32 Å². The fourth-order valence-electron chi connectivity index (χ4n) is 1.72. The summed E-state index contributed by atoms with van der Waals surface area (Å²) in [6, 6.07) is 7.54. The Morgan fingerprint density at radius 1 is 1.20 bits per heavy atom. The molecule has 0 bridgehead atoms. The Labute approximate surface area is 131 Å². The summed E-state index contributed by atoms with van der Waals surface area (Å²) in [5, 5.41) is 2.83. The van der Waals surface area contributed by atoms with Crippen LogP contribution in [0.15, 0.2) is 34.8 Å². The van der Waals surface area contributed by atoms with E-state index in [1.165, 1.54) is 23.5 Å². The van der Waals surface area contributed by atoms with Gasteiger partial charge in [0.25, 0.3) is 0 Å². The van der Waals surface area contributed by atoms with Gasteiger partial charge in [0.05, 0.1) is 9.90 Å². The molecule has 0 unspecified atom stereocenters. The maximum Gasteiger partial charge on any atom is 0.418 e. The van der Waals surface area contributed by atoms with Gasteiger partial charge in [-0.1, -0.05) is 27.5 Å². The predicted molar refractivity (Wildman–Crippen MR) is 80.7 cm³/mol. The molecule has 1 aromatic carbocycles. The van der Waals surface area contributed by atoms with Crippen molar-refractivity contribution in [2.24, 2.45) is 0 Å². The monoisotopic (exact) mass is 383 g/mol. The summed E-state index contributed by atoms with van der Waals surface area (Å²) in [4.78, 5) is 1.03. The molecule has 1 N–H and O–H groups in total. The van der Waals surface area contributed by atoms with Gasteiger partial charge >= 0.3 is 6.18 Å². The number of rotatable bonds is 4. The van der Waals surface area contributed by atoms with E-state index in [1.807, 2.05) is 6.07 Å². The molecule has 1 heterocycles. The Morgan fingerprint density at radius 3 is 2.55 bits per heavy atom. The van der Waals surface area contributed by atoms with E-state index < -0.39 is 11.7 Å². The average molecular weight is 385 g/mol. The second-order valence-electron chi connectivity index (χ2n) is 4.07. The van der Waals surface area contributed by atoms with E-state index in [0.717, 1.165) is 10.9 Å². The maximum absolute atomic E-state index is 12.9. The summed E-state index contributed by atoms with van der Waals surface area (Å²) in [7, 11) is 0. The van der Waals surface area contributed by atoms with Gasteiger partial charge in [0, 0.05) is 21.6 Å². The van der Waals surface area contributed by atoms with Crippen LogP contribution in [-0.4, -0.2) is 6.54 Å². The Bertz CT molecular complexity index is 598. The van der Waals surface area contributed by atoms with Crippen molar-refractivity contribution in [2.45, 2.75) is 12.6 Å². The van der Waals surface area contributed by atoms with E-state index in [-0.39, 0.29) is 5.69 Å². The van der Waals surface area contributed by atoms with E-state index in [4.69, 9.17) is 11.6 Å². The quantitative estimate of drug-likeness (QED) is 0.698. The first-order valence-corrected chi connectivity index (χ1v) is 7.70. The van der Waals surface area contributed by atoms with Crippen LogP contribution in [0.1, 0.15) is 10.4 Å². The summed E-state index contributed by atoms with van der Waals surface area (Å²) in [5.41, 5.74) is -0.584. The molecule has 2 rings (SSSR count). The second kappa shape index (κ2) is 6.37. The van der Waals surface area contributed by atoms with E-state index in [2.05, 4.69) is 21.2 Å². The molecule has 0 atom stereocenters. The fraction of sp³-hybridized carbons (Fsp3) is 0.231. The Balaban J connectivity index is 2.06. The first-order valence-electron chi connectivity index (χ1n) is 5.71. The highest BCUT2D eigenvalue weighted by Gasteiger charge is 2.33. The zero-order valence-corrected chi connectivity index (χ0v) is 13.3. The number of hydrogen-bond donors (Lipinski definition) is 1. The summed E-state index contributed by atoms with van der Waals surface area (Å²) < 4.78 is 39.9. The van der Waals surface area contributed by atoms with E-state index >= 15 is 0 Å². The molecule has 0 fully saturated rings. The van der Waals surface area contributed by atoms with Crippen molar-refractivity contribution in [3.63, 3.8) is 0 Å². The molecule has 7 heteroatoms. The lowest BCUT2D eigenvalue weighted by Gasteiger charge is -2.14. The highest BCUT2D eigenvalue weighted by atomic mass is 79.9. The number of alkyl halides is 3. The van der Waals surface area contributed by atoms with Gasteiger partial charge in [0.1, 0.15) is 0 Å². The lowest BCUT2D eigenvalue weighted by Crippen LogP contribution is -2.12. The van der Waals surface area contributed by atoms with Crippen LogP contribution in [0.4, 0.5) is 18.9 Å². The summed E-state index contributed by atoms with van der Waals surface area (Å²) in [6.07, 6.45) is -3.74. The van der Waals surface area contributed by atoms with Crippen molar-refractivity contribution >= 4 is 44.6 Å². The highest BCUT2D eigenvalue weighted by molar-refractivity contribution is 9.10. The predicted octanol–water partition coefficient (Wildman–Crippen LogP) is 5.84. The molecule has 1 aromatic heterocycles. The van der Waals surface area contributed by atoms with E-state index in [0.29, 0.717) is 21.8 Å². The maximum atomic E-state index is 12.9. The van der Waals surface area contributed by atoms with Gasteiger partial charge in [-0.2, -0.15) is 13.2 Å². The second-order valence-corrected chi connectivity index (χ2v) is 6.79. The van der Waals surface area contributed by atoms with Gasteiger partial charge < -0.3 is 5.32 Å². The van der Waals surface area contributed by atoms with Crippen LogP contribution in [0.25, 0.3) is 0 Å². The Morgan fingerprint density at radius 2 is 1.95 bits per heavy atom.